The lowest BCUT2D eigenvalue weighted by Crippen LogP contribution is -2.47. The molecule has 7 heteroatoms. The lowest BCUT2D eigenvalue weighted by Gasteiger charge is -2.34. The van der Waals surface area contributed by atoms with Gasteiger partial charge in [-0.1, -0.05) is 31.4 Å². The van der Waals surface area contributed by atoms with Crippen LogP contribution in [0.25, 0.3) is 10.2 Å². The molecule has 2 fully saturated rings. The van der Waals surface area contributed by atoms with E-state index in [-0.39, 0.29) is 12.6 Å². The maximum absolute atomic E-state index is 13.1. The van der Waals surface area contributed by atoms with E-state index in [2.05, 4.69) is 11.4 Å². The molecule has 2 aromatic rings. The molecule has 1 heterocycles. The number of rotatable bonds is 6. The van der Waals surface area contributed by atoms with Crippen LogP contribution in [0.15, 0.2) is 24.3 Å². The number of amides is 1. The Morgan fingerprint density at radius 1 is 1.10 bits per heavy atom. The maximum Gasteiger partial charge on any atom is 0.313 e. The average Bonchev–Trinajstić information content (AvgIpc) is 3.39. The van der Waals surface area contributed by atoms with Gasteiger partial charge in [-0.25, -0.2) is 4.98 Å². The highest BCUT2D eigenvalue weighted by atomic mass is 32.1. The van der Waals surface area contributed by atoms with Gasteiger partial charge >= 0.3 is 5.97 Å². The zero-order valence-electron chi connectivity index (χ0n) is 17.1. The molecule has 4 rings (SSSR count). The van der Waals surface area contributed by atoms with Gasteiger partial charge in [0.25, 0.3) is 5.91 Å². The molecule has 30 heavy (non-hydrogen) atoms. The minimum Gasteiger partial charge on any atom is -0.455 e. The van der Waals surface area contributed by atoms with Crippen molar-refractivity contribution in [3.05, 3.63) is 29.3 Å². The quantitative estimate of drug-likeness (QED) is 0.697. The number of nitrogens with one attached hydrogen (secondary N) is 1. The Labute approximate surface area is 180 Å². The number of carbonyl (C=O) groups excluding carboxylic acids is 2. The molecule has 0 radical (unpaired) electrons. The zero-order chi connectivity index (χ0) is 21.0. The van der Waals surface area contributed by atoms with Gasteiger partial charge in [-0.3, -0.25) is 9.59 Å². The van der Waals surface area contributed by atoms with E-state index in [9.17, 15) is 14.9 Å². The smallest absolute Gasteiger partial charge is 0.313 e. The first kappa shape index (κ1) is 20.8. The van der Waals surface area contributed by atoms with E-state index in [1.807, 2.05) is 24.3 Å². The highest BCUT2D eigenvalue weighted by Crippen LogP contribution is 2.41. The molecule has 0 bridgehead atoms. The van der Waals surface area contributed by atoms with Gasteiger partial charge in [0.05, 0.1) is 26.7 Å². The van der Waals surface area contributed by atoms with Crippen molar-refractivity contribution in [3.8, 4) is 6.07 Å². The van der Waals surface area contributed by atoms with Crippen molar-refractivity contribution >= 4 is 33.4 Å². The van der Waals surface area contributed by atoms with Crippen molar-refractivity contribution in [1.29, 1.82) is 5.26 Å². The molecular weight excluding hydrogens is 398 g/mol. The Hall–Kier alpha value is -2.46. The maximum atomic E-state index is 13.1. The summed E-state index contributed by atoms with van der Waals surface area (Å²) in [6, 6.07) is 10.2. The molecule has 1 aromatic carbocycles. The molecule has 1 N–H and O–H groups in total. The van der Waals surface area contributed by atoms with Crippen LogP contribution in [0, 0.1) is 16.7 Å². The Bertz CT molecular complexity index is 932. The first-order chi connectivity index (χ1) is 14.5. The van der Waals surface area contributed by atoms with Gasteiger partial charge in [0, 0.05) is 6.42 Å². The summed E-state index contributed by atoms with van der Waals surface area (Å²) in [6.45, 7) is -0.330. The van der Waals surface area contributed by atoms with Crippen molar-refractivity contribution < 1.29 is 14.3 Å². The highest BCUT2D eigenvalue weighted by Gasteiger charge is 2.42. The summed E-state index contributed by atoms with van der Waals surface area (Å²) < 4.78 is 6.62. The molecule has 2 saturated carbocycles. The van der Waals surface area contributed by atoms with Crippen LogP contribution in [0.2, 0.25) is 0 Å². The van der Waals surface area contributed by atoms with E-state index < -0.39 is 16.9 Å². The molecule has 2 aliphatic rings. The molecule has 0 saturated heterocycles. The van der Waals surface area contributed by atoms with Crippen LogP contribution in [0.3, 0.4) is 0 Å². The summed E-state index contributed by atoms with van der Waals surface area (Å²) >= 11 is 1.62. The Morgan fingerprint density at radius 2 is 1.80 bits per heavy atom. The second-order valence-corrected chi connectivity index (χ2v) is 9.73. The fourth-order valence-electron chi connectivity index (χ4n) is 4.80. The van der Waals surface area contributed by atoms with Gasteiger partial charge in [-0.15, -0.1) is 11.3 Å². The molecule has 1 aromatic heterocycles. The van der Waals surface area contributed by atoms with Crippen LogP contribution in [-0.4, -0.2) is 29.0 Å². The molecular formula is C23H27N3O3S. The van der Waals surface area contributed by atoms with E-state index in [1.165, 1.54) is 0 Å². The number of esters is 1. The second kappa shape index (κ2) is 8.73. The fraction of sp³-hybridized carbons (Fsp3) is 0.565. The van der Waals surface area contributed by atoms with Crippen molar-refractivity contribution in [2.75, 3.05) is 6.61 Å². The molecule has 0 aliphatic heterocycles. The number of nitrogens with zero attached hydrogens (tertiary/aromatic N) is 2. The van der Waals surface area contributed by atoms with Crippen molar-refractivity contribution in [2.24, 2.45) is 5.41 Å². The number of carbonyl (C=O) groups is 2. The van der Waals surface area contributed by atoms with E-state index in [4.69, 9.17) is 9.72 Å². The molecule has 6 nitrogen and oxygen atoms in total. The number of benzene rings is 1. The van der Waals surface area contributed by atoms with E-state index in [0.29, 0.717) is 19.3 Å². The number of thiazole rings is 1. The number of fused-ring (bicyclic) bond motifs is 1. The molecule has 0 atom stereocenters. The largest absolute Gasteiger partial charge is 0.455 e. The van der Waals surface area contributed by atoms with Crippen LogP contribution >= 0.6 is 11.3 Å². The number of para-hydroxylation sites is 1. The third kappa shape index (κ3) is 4.34. The third-order valence-electron chi connectivity index (χ3n) is 6.46. The second-order valence-electron chi connectivity index (χ2n) is 8.62. The van der Waals surface area contributed by atoms with Crippen LogP contribution in [0.1, 0.15) is 62.8 Å². The minimum absolute atomic E-state index is 0.311. The summed E-state index contributed by atoms with van der Waals surface area (Å²) in [5.74, 6) is -0.702. The van der Waals surface area contributed by atoms with Crippen LogP contribution < -0.4 is 5.32 Å². The molecule has 0 unspecified atom stereocenters. The topological polar surface area (TPSA) is 92.1 Å². The SMILES string of the molecule is N#CC1(NC(=O)COC(=O)C2(Cc3nc4ccccc4s3)CCCCC2)CCCC1. The van der Waals surface area contributed by atoms with Crippen molar-refractivity contribution in [2.45, 2.75) is 69.7 Å². The standard InChI is InChI=1S/C23H27N3O3S/c24-16-23(12-6-7-13-23)26-19(27)15-29-21(28)22(10-4-1-5-11-22)14-20-25-17-8-2-3-9-18(17)30-20/h2-3,8-9H,1,4-7,10-15H2,(H,26,27). The lowest BCUT2D eigenvalue weighted by molar-refractivity contribution is -0.161. The van der Waals surface area contributed by atoms with Crippen LogP contribution in [0.4, 0.5) is 0 Å². The molecule has 0 spiro atoms. The van der Waals surface area contributed by atoms with Gasteiger partial charge in [0.2, 0.25) is 0 Å². The van der Waals surface area contributed by atoms with E-state index >= 15 is 0 Å². The highest BCUT2D eigenvalue weighted by molar-refractivity contribution is 7.18. The normalized spacial score (nSPS) is 19.8. The van der Waals surface area contributed by atoms with Crippen LogP contribution in [-0.2, 0) is 20.7 Å². The minimum atomic E-state index is -0.799. The Morgan fingerprint density at radius 3 is 2.50 bits per heavy atom. The van der Waals surface area contributed by atoms with E-state index in [1.54, 1.807) is 11.3 Å². The summed E-state index contributed by atoms with van der Waals surface area (Å²) in [7, 11) is 0. The number of hydrogen-bond donors (Lipinski definition) is 1. The van der Waals surface area contributed by atoms with Gasteiger partial charge in [0.15, 0.2) is 6.61 Å². The lowest BCUT2D eigenvalue weighted by atomic mass is 9.72. The predicted octanol–water partition coefficient (Wildman–Crippen LogP) is 4.29. The van der Waals surface area contributed by atoms with Gasteiger partial charge < -0.3 is 10.1 Å². The molecule has 2 aliphatic carbocycles. The van der Waals surface area contributed by atoms with Gasteiger partial charge in [-0.2, -0.15) is 5.26 Å². The van der Waals surface area contributed by atoms with Gasteiger partial charge in [0.1, 0.15) is 5.54 Å². The average molecular weight is 426 g/mol. The number of nitriles is 1. The number of aromatic nitrogens is 1. The summed E-state index contributed by atoms with van der Waals surface area (Å²) in [5.41, 5.74) is -0.464. The third-order valence-corrected chi connectivity index (χ3v) is 7.49. The monoisotopic (exact) mass is 425 g/mol. The number of hydrogen-bond acceptors (Lipinski definition) is 6. The van der Waals surface area contributed by atoms with Crippen LogP contribution in [0.5, 0.6) is 0 Å². The predicted molar refractivity (Wildman–Crippen MR) is 115 cm³/mol. The molecule has 158 valence electrons. The Balaban J connectivity index is 1.43. The summed E-state index contributed by atoms with van der Waals surface area (Å²) in [4.78, 5) is 30.2. The fourth-order valence-corrected chi connectivity index (χ4v) is 5.91. The van der Waals surface area contributed by atoms with Crippen molar-refractivity contribution in [1.82, 2.24) is 10.3 Å². The first-order valence-electron chi connectivity index (χ1n) is 10.8. The molecule has 1 amide bonds. The Kier molecular flexibility index (Phi) is 6.05. The summed E-state index contributed by atoms with van der Waals surface area (Å²) in [5, 5.41) is 13.2. The summed E-state index contributed by atoms with van der Waals surface area (Å²) in [6.07, 6.45) is 8.30. The zero-order valence-corrected chi connectivity index (χ0v) is 17.9. The van der Waals surface area contributed by atoms with E-state index in [0.717, 1.165) is 60.2 Å². The van der Waals surface area contributed by atoms with Crippen molar-refractivity contribution in [3.63, 3.8) is 0 Å². The number of ether oxygens (including phenoxy) is 1. The van der Waals surface area contributed by atoms with Gasteiger partial charge in [-0.05, 0) is 50.7 Å². The first-order valence-corrected chi connectivity index (χ1v) is 11.6.